The normalized spacial score (nSPS) is 11.8. The van der Waals surface area contributed by atoms with Crippen LogP contribution < -0.4 is 9.87 Å². The molecule has 0 amide bonds. The van der Waals surface area contributed by atoms with Crippen molar-refractivity contribution in [2.45, 2.75) is 6.55 Å². The molecule has 0 heterocycles. The average Bonchev–Trinajstić information content (AvgIpc) is 2.65. The van der Waals surface area contributed by atoms with E-state index in [0.29, 0.717) is 18.3 Å². The van der Waals surface area contributed by atoms with Gasteiger partial charge in [-0.3, -0.25) is 0 Å². The molecule has 0 bridgehead atoms. The van der Waals surface area contributed by atoms with Crippen LogP contribution in [0.5, 0.6) is 0 Å². The topological polar surface area (TPSA) is 15.6 Å². The van der Waals surface area contributed by atoms with Gasteiger partial charge < -0.3 is 4.57 Å². The molecule has 3 rings (SSSR count). The fourth-order valence-corrected chi connectivity index (χ4v) is 4.56. The van der Waals surface area contributed by atoms with Crippen LogP contribution in [0.4, 0.5) is 11.4 Å². The van der Waals surface area contributed by atoms with Gasteiger partial charge in [0.15, 0.2) is 9.68 Å². The Labute approximate surface area is 147 Å². The molecule has 3 aromatic carbocycles. The summed E-state index contributed by atoms with van der Waals surface area (Å²) in [6, 6.07) is 31.2. The molecule has 0 aliphatic heterocycles. The van der Waals surface area contributed by atoms with Crippen LogP contribution >= 0.6 is 8.58 Å². The van der Waals surface area contributed by atoms with Gasteiger partial charge in [0.05, 0.1) is 5.69 Å². The van der Waals surface area contributed by atoms with Crippen LogP contribution in [0, 0.1) is 0 Å². The zero-order valence-electron chi connectivity index (χ0n) is 13.6. The lowest BCUT2D eigenvalue weighted by molar-refractivity contribution is 1.44. The van der Waals surface area contributed by atoms with E-state index in [4.69, 9.17) is 4.99 Å². The molecule has 3 aromatic rings. The molecule has 0 fully saturated rings. The van der Waals surface area contributed by atoms with Crippen molar-refractivity contribution in [1.29, 1.82) is 0 Å². The molecule has 4 heteroatoms. The van der Waals surface area contributed by atoms with Crippen LogP contribution in [0.15, 0.2) is 96.0 Å². The third-order valence-electron chi connectivity index (χ3n) is 3.47. The summed E-state index contributed by atoms with van der Waals surface area (Å²) in [7, 11) is 1.14. The van der Waals surface area contributed by atoms with Crippen molar-refractivity contribution < 1.29 is 0 Å². The Balaban J connectivity index is 1.99. The van der Waals surface area contributed by atoms with Crippen LogP contribution in [0.3, 0.4) is 0 Å². The summed E-state index contributed by atoms with van der Waals surface area (Å²) < 4.78 is 2.32. The second-order valence-electron chi connectivity index (χ2n) is 5.16. The van der Waals surface area contributed by atoms with Gasteiger partial charge in [0.25, 0.3) is 0 Å². The van der Waals surface area contributed by atoms with E-state index in [1.54, 1.807) is 0 Å². The first-order chi connectivity index (χ1) is 11.9. The number of hydrogen-bond acceptors (Lipinski definition) is 1. The molecule has 24 heavy (non-hydrogen) atoms. The molecule has 0 N–H and O–H groups in total. The maximum absolute atomic E-state index is 4.96. The van der Waals surface area contributed by atoms with E-state index in [9.17, 15) is 0 Å². The highest BCUT2D eigenvalue weighted by Crippen LogP contribution is 2.25. The van der Waals surface area contributed by atoms with Crippen molar-refractivity contribution in [3.63, 3.8) is 0 Å². The zero-order chi connectivity index (χ0) is 16.6. The molecule has 2 radical (unpaired) electrons. The van der Waals surface area contributed by atoms with Crippen molar-refractivity contribution >= 4 is 40.5 Å². The lowest BCUT2D eigenvalue weighted by Gasteiger charge is -2.25. The predicted octanol–water partition coefficient (Wildman–Crippen LogP) is 4.85. The molecule has 0 aliphatic rings. The van der Waals surface area contributed by atoms with Crippen LogP contribution in [-0.4, -0.2) is 15.3 Å². The first-order valence-corrected chi connectivity index (χ1v) is 10.3. The molecule has 0 saturated heterocycles. The Kier molecular flexibility index (Phi) is 5.94. The molecule has 0 aromatic heterocycles. The number of para-hydroxylation sites is 2. The minimum absolute atomic E-state index is 0.517. The van der Waals surface area contributed by atoms with Gasteiger partial charge in [-0.2, -0.15) is 0 Å². The van der Waals surface area contributed by atoms with Crippen molar-refractivity contribution in [2.24, 2.45) is 4.99 Å². The summed E-state index contributed by atoms with van der Waals surface area (Å²) in [5, 5.41) is 1.30. The van der Waals surface area contributed by atoms with Gasteiger partial charge in [-0.25, -0.2) is 4.99 Å². The summed E-state index contributed by atoms with van der Waals surface area (Å²) in [4.78, 5) is 4.96. The van der Waals surface area contributed by atoms with Gasteiger partial charge in [0.2, 0.25) is 0 Å². The monoisotopic (exact) mass is 346 g/mol. The van der Waals surface area contributed by atoms with Gasteiger partial charge in [-0.15, -0.1) is 0 Å². The van der Waals surface area contributed by atoms with Crippen LogP contribution in [0.1, 0.15) is 0 Å². The summed E-state index contributed by atoms with van der Waals surface area (Å²) in [5.41, 5.74) is 3.28. The molecule has 2 nitrogen and oxygen atoms in total. The van der Waals surface area contributed by atoms with Crippen LogP contribution in [0.25, 0.3) is 0 Å². The summed E-state index contributed by atoms with van der Waals surface area (Å²) in [6.07, 6.45) is 0. The quantitative estimate of drug-likeness (QED) is 0.279. The third kappa shape index (κ3) is 4.41. The average molecular weight is 346 g/mol. The van der Waals surface area contributed by atoms with Crippen LogP contribution in [-0.2, 0) is 0 Å². The highest BCUT2D eigenvalue weighted by Gasteiger charge is 2.13. The van der Waals surface area contributed by atoms with Crippen molar-refractivity contribution in [2.75, 3.05) is 4.57 Å². The summed E-state index contributed by atoms with van der Waals surface area (Å²) in [6.45, 7) is 2.20. The number of hydrogen-bond donors (Lipinski definition) is 0. The largest absolute Gasteiger partial charge is 0.355 e. The SMILES string of the molecule is C[Si]N(C(=Nc1ccccc1)Pc1ccccc1)c1ccccc1. The Morgan fingerprint density at radius 2 is 1.33 bits per heavy atom. The number of rotatable bonds is 5. The molecule has 0 saturated carbocycles. The first kappa shape index (κ1) is 16.6. The Hall–Kier alpha value is -2.22. The molecule has 0 aliphatic carbocycles. The number of aliphatic imine (C=N–C) groups is 1. The van der Waals surface area contributed by atoms with E-state index in [1.807, 2.05) is 24.3 Å². The second-order valence-corrected chi connectivity index (χ2v) is 7.33. The minimum Gasteiger partial charge on any atom is -0.355 e. The number of anilines is 1. The van der Waals surface area contributed by atoms with E-state index >= 15 is 0 Å². The highest BCUT2D eigenvalue weighted by molar-refractivity contribution is 7.66. The molecular formula is C20H19N2PSi. The second kappa shape index (κ2) is 8.58. The lowest BCUT2D eigenvalue weighted by Crippen LogP contribution is -2.31. The van der Waals surface area contributed by atoms with Crippen molar-refractivity contribution in [3.8, 4) is 0 Å². The smallest absolute Gasteiger partial charge is 0.185 e. The lowest BCUT2D eigenvalue weighted by atomic mass is 10.3. The van der Waals surface area contributed by atoms with Gasteiger partial charge in [-0.1, -0.05) is 73.3 Å². The zero-order valence-corrected chi connectivity index (χ0v) is 15.6. The molecule has 0 spiro atoms. The van der Waals surface area contributed by atoms with Gasteiger partial charge >= 0.3 is 0 Å². The molecule has 1 atom stereocenters. The first-order valence-electron chi connectivity index (χ1n) is 7.85. The van der Waals surface area contributed by atoms with E-state index in [2.05, 4.69) is 77.8 Å². The predicted molar refractivity (Wildman–Crippen MR) is 108 cm³/mol. The van der Waals surface area contributed by atoms with E-state index in [1.165, 1.54) is 11.0 Å². The van der Waals surface area contributed by atoms with Gasteiger partial charge in [0.1, 0.15) is 5.58 Å². The minimum atomic E-state index is 0.517. The highest BCUT2D eigenvalue weighted by atomic mass is 31.1. The molecular weight excluding hydrogens is 327 g/mol. The van der Waals surface area contributed by atoms with E-state index in [0.717, 1.165) is 11.3 Å². The molecule has 1 unspecified atom stereocenters. The summed E-state index contributed by atoms with van der Waals surface area (Å²) in [5.74, 6) is 0. The molecule has 118 valence electrons. The standard InChI is InChI=1S/C20H19N2PSi/c1-24-22(18-13-7-3-8-14-18)20(21-17-11-5-2-6-12-17)23-19-15-9-4-10-16-19/h2-16,23H,1H3. The maximum Gasteiger partial charge on any atom is 0.185 e. The van der Waals surface area contributed by atoms with E-state index < -0.39 is 0 Å². The van der Waals surface area contributed by atoms with Gasteiger partial charge in [0, 0.05) is 5.69 Å². The van der Waals surface area contributed by atoms with Crippen molar-refractivity contribution in [1.82, 2.24) is 0 Å². The fourth-order valence-electron chi connectivity index (χ4n) is 2.34. The van der Waals surface area contributed by atoms with Crippen LogP contribution in [0.2, 0.25) is 6.55 Å². The fraction of sp³-hybridized carbons (Fsp3) is 0.0500. The Morgan fingerprint density at radius 3 is 1.92 bits per heavy atom. The maximum atomic E-state index is 4.96. The Bertz CT molecular complexity index is 777. The summed E-state index contributed by atoms with van der Waals surface area (Å²) >= 11 is 0. The number of benzene rings is 3. The number of nitrogens with zero attached hydrogens (tertiary/aromatic N) is 2. The van der Waals surface area contributed by atoms with E-state index in [-0.39, 0.29) is 0 Å². The number of amidine groups is 1. The van der Waals surface area contributed by atoms with Crippen molar-refractivity contribution in [3.05, 3.63) is 91.0 Å². The van der Waals surface area contributed by atoms with Gasteiger partial charge in [-0.05, 0) is 38.2 Å². The Morgan fingerprint density at radius 1 is 0.792 bits per heavy atom. The third-order valence-corrected chi connectivity index (χ3v) is 5.79.